The van der Waals surface area contributed by atoms with E-state index in [1.807, 2.05) is 0 Å². The van der Waals surface area contributed by atoms with Gasteiger partial charge in [0.15, 0.2) is 25.0 Å². The van der Waals surface area contributed by atoms with Crippen LogP contribution in [-0.2, 0) is 47.5 Å². The van der Waals surface area contributed by atoms with E-state index in [1.54, 1.807) is 0 Å². The standard InChI is InChI=1S/C52H82O22/c1-47(2)14-16-52(46(66)74-44-36(62)33(59)30(56)24(19-53)69-44)17-15-50(6)22(23(52)18-47)8-9-28-49(5)12-11-29(48(3,4)27(49)10-13-51(28,50)7)70-45-37(63)38(71-42-34(60)31(57)25(20-54)67-42)39(40(73-45)41(64)65)72-43-35(61)32(58)26(21-55)68-43/h8,23-40,42-45,53-63H,9-21H2,1-7H3,(H,64,65)/t23?,24-,25+,26+,27?,28?,29?,30-,31+,32+,33+,34-,35-,36-,37-,38-,39+,40+,42+,43+,44-,45-,49?,50?,51?,52?/m1/s1. The molecule has 0 radical (unpaired) electrons. The molecule has 5 aliphatic carbocycles. The van der Waals surface area contributed by atoms with Gasteiger partial charge in [0.05, 0.1) is 31.3 Å². The minimum absolute atomic E-state index is 0.0557. The van der Waals surface area contributed by atoms with Crippen molar-refractivity contribution in [2.45, 2.75) is 229 Å². The lowest BCUT2D eigenvalue weighted by Gasteiger charge is -2.71. The van der Waals surface area contributed by atoms with Gasteiger partial charge in [-0.2, -0.15) is 0 Å². The van der Waals surface area contributed by atoms with Gasteiger partial charge in [0.25, 0.3) is 0 Å². The van der Waals surface area contributed by atoms with Crippen LogP contribution in [0.3, 0.4) is 0 Å². The van der Waals surface area contributed by atoms with E-state index in [0.717, 1.165) is 32.1 Å². The summed E-state index contributed by atoms with van der Waals surface area (Å²) < 4.78 is 47.5. The van der Waals surface area contributed by atoms with Gasteiger partial charge in [-0.05, 0) is 109 Å². The summed E-state index contributed by atoms with van der Waals surface area (Å²) in [6, 6.07) is 0. The molecule has 0 spiro atoms. The second-order valence-corrected chi connectivity index (χ2v) is 25.3. The zero-order valence-corrected chi connectivity index (χ0v) is 43.4. The number of hydrogen-bond acceptors (Lipinski definition) is 21. The first-order valence-electron chi connectivity index (χ1n) is 26.6. The maximum atomic E-state index is 14.7. The number of ether oxygens (including phenoxy) is 8. The molecule has 0 aromatic heterocycles. The highest BCUT2D eigenvalue weighted by Gasteiger charge is 2.70. The fourth-order valence-corrected chi connectivity index (χ4v) is 16.1. The molecule has 12 N–H and O–H groups in total. The molecule has 8 fully saturated rings. The third-order valence-electron chi connectivity index (χ3n) is 20.7. The van der Waals surface area contributed by atoms with Crippen LogP contribution in [0.4, 0.5) is 0 Å². The highest BCUT2D eigenvalue weighted by atomic mass is 16.8. The highest BCUT2D eigenvalue weighted by molar-refractivity contribution is 5.79. The number of aliphatic hydroxyl groups excluding tert-OH is 11. The molecular formula is C52H82O22. The Hall–Kier alpha value is -2.04. The highest BCUT2D eigenvalue weighted by Crippen LogP contribution is 2.76. The molecule has 0 amide bonds. The van der Waals surface area contributed by atoms with Gasteiger partial charge in [-0.25, -0.2) is 4.79 Å². The Labute approximate surface area is 430 Å². The van der Waals surface area contributed by atoms with Crippen molar-refractivity contribution in [3.8, 4) is 0 Å². The van der Waals surface area contributed by atoms with Crippen LogP contribution in [0.2, 0.25) is 0 Å². The number of aliphatic hydroxyl groups is 11. The van der Waals surface area contributed by atoms with Gasteiger partial charge in [0, 0.05) is 0 Å². The predicted octanol–water partition coefficient (Wildman–Crippen LogP) is -0.665. The average molecular weight is 1060 g/mol. The quantitative estimate of drug-likeness (QED) is 0.0655. The van der Waals surface area contributed by atoms with Gasteiger partial charge < -0.3 is 99.2 Å². The Kier molecular flexibility index (Phi) is 15.5. The summed E-state index contributed by atoms with van der Waals surface area (Å²) in [5.41, 5.74) is -1.20. The van der Waals surface area contributed by atoms with E-state index in [4.69, 9.17) is 37.9 Å². The summed E-state index contributed by atoms with van der Waals surface area (Å²) in [4.78, 5) is 27.8. The molecule has 0 aromatic rings. The summed E-state index contributed by atoms with van der Waals surface area (Å²) in [7, 11) is 0. The molecule has 0 bridgehead atoms. The van der Waals surface area contributed by atoms with E-state index in [-0.39, 0.29) is 39.4 Å². The second kappa shape index (κ2) is 20.3. The Balaban J connectivity index is 0.964. The number of allylic oxidation sites excluding steroid dienone is 2. The second-order valence-electron chi connectivity index (χ2n) is 25.3. The zero-order valence-electron chi connectivity index (χ0n) is 43.4. The number of esters is 1. The van der Waals surface area contributed by atoms with Crippen LogP contribution >= 0.6 is 0 Å². The average Bonchev–Trinajstić information content (AvgIpc) is 3.78. The normalized spacial score (nSPS) is 52.7. The lowest BCUT2D eigenvalue weighted by Crippen LogP contribution is -2.67. The molecule has 4 saturated carbocycles. The number of rotatable bonds is 12. The van der Waals surface area contributed by atoms with Crippen LogP contribution in [0.15, 0.2) is 11.6 Å². The van der Waals surface area contributed by atoms with Crippen molar-refractivity contribution in [2.24, 2.45) is 50.2 Å². The number of carboxylic acids is 1. The van der Waals surface area contributed by atoms with E-state index in [2.05, 4.69) is 54.5 Å². The van der Waals surface area contributed by atoms with Crippen LogP contribution in [0, 0.1) is 50.2 Å². The molecule has 22 heteroatoms. The fourth-order valence-electron chi connectivity index (χ4n) is 16.1. The lowest BCUT2D eigenvalue weighted by atomic mass is 9.33. The molecule has 4 aliphatic heterocycles. The Morgan fingerprint density at radius 3 is 1.69 bits per heavy atom. The Morgan fingerprint density at radius 1 is 0.581 bits per heavy atom. The molecule has 0 aromatic carbocycles. The summed E-state index contributed by atoms with van der Waals surface area (Å²) in [6.07, 6.45) is -21.1. The SMILES string of the molecule is CC1(C)CCC2(C(=O)O[C@H]3O[C@H](CO)[C@@H](O)[C@H](O)[C@H]3O)CCC3(C)C(=CCC4C5(C)CCC(O[C@@H]6O[C@H](C(=O)O)[C@@H](O[C@@H]7O[C@@H](CO)[C@H](O)[C@H]7O)[C@H](O[C@@H]7O[C@@H](CO)[C@H](O)[C@H]7O)[C@H]6O)C(C)(C)C5CCC43C)C2C1. The molecule has 22 nitrogen and oxygen atoms in total. The maximum Gasteiger partial charge on any atom is 0.335 e. The molecule has 9 rings (SSSR count). The van der Waals surface area contributed by atoms with E-state index in [9.17, 15) is 70.9 Å². The van der Waals surface area contributed by atoms with Gasteiger partial charge in [-0.3, -0.25) is 4.79 Å². The monoisotopic (exact) mass is 1060 g/mol. The van der Waals surface area contributed by atoms with E-state index >= 15 is 0 Å². The number of hydrogen-bond donors (Lipinski definition) is 12. The Morgan fingerprint density at radius 2 is 1.11 bits per heavy atom. The molecule has 26 atom stereocenters. The molecule has 8 unspecified atom stereocenters. The predicted molar refractivity (Wildman–Crippen MR) is 251 cm³/mol. The molecular weight excluding hydrogens is 977 g/mol. The van der Waals surface area contributed by atoms with Crippen molar-refractivity contribution in [1.82, 2.24) is 0 Å². The third kappa shape index (κ3) is 8.94. The summed E-state index contributed by atoms with van der Waals surface area (Å²) in [6.45, 7) is 13.7. The van der Waals surface area contributed by atoms with Crippen LogP contribution in [0.1, 0.15) is 113 Å². The minimum atomic E-state index is -1.97. The topological polar surface area (TPSA) is 351 Å². The van der Waals surface area contributed by atoms with Crippen LogP contribution in [0.25, 0.3) is 0 Å². The molecule has 4 saturated heterocycles. The number of carboxylic acid groups (broad SMARTS) is 1. The number of aliphatic carboxylic acids is 1. The van der Waals surface area contributed by atoms with Crippen molar-refractivity contribution >= 4 is 11.9 Å². The van der Waals surface area contributed by atoms with Crippen molar-refractivity contribution in [2.75, 3.05) is 19.8 Å². The first-order chi connectivity index (χ1) is 34.6. The van der Waals surface area contributed by atoms with E-state index in [1.165, 1.54) is 5.57 Å². The smallest absolute Gasteiger partial charge is 0.335 e. The molecule has 422 valence electrons. The van der Waals surface area contributed by atoms with Gasteiger partial charge in [0.2, 0.25) is 6.29 Å². The zero-order chi connectivity index (χ0) is 54.0. The van der Waals surface area contributed by atoms with Crippen molar-refractivity contribution in [3.63, 3.8) is 0 Å². The largest absolute Gasteiger partial charge is 0.479 e. The molecule has 4 heterocycles. The van der Waals surface area contributed by atoms with E-state index < -0.39 is 159 Å². The van der Waals surface area contributed by atoms with Crippen molar-refractivity contribution in [1.29, 1.82) is 0 Å². The number of carbonyl (C=O) groups is 2. The van der Waals surface area contributed by atoms with Crippen LogP contribution in [-0.4, -0.2) is 210 Å². The summed E-state index contributed by atoms with van der Waals surface area (Å²) in [5.74, 6) is -2.05. The van der Waals surface area contributed by atoms with Crippen LogP contribution < -0.4 is 0 Å². The molecule has 74 heavy (non-hydrogen) atoms. The minimum Gasteiger partial charge on any atom is -0.479 e. The summed E-state index contributed by atoms with van der Waals surface area (Å²) in [5, 5.41) is 127. The number of carbonyl (C=O) groups excluding carboxylic acids is 1. The van der Waals surface area contributed by atoms with E-state index in [0.29, 0.717) is 32.1 Å². The first-order valence-corrected chi connectivity index (χ1v) is 26.6. The lowest BCUT2D eigenvalue weighted by molar-refractivity contribution is -0.360. The van der Waals surface area contributed by atoms with Crippen LogP contribution in [0.5, 0.6) is 0 Å². The number of fused-ring (bicyclic) bond motifs is 7. The van der Waals surface area contributed by atoms with Gasteiger partial charge in [-0.1, -0.05) is 60.1 Å². The van der Waals surface area contributed by atoms with Gasteiger partial charge >= 0.3 is 11.9 Å². The van der Waals surface area contributed by atoms with Crippen molar-refractivity contribution in [3.05, 3.63) is 11.6 Å². The summed E-state index contributed by atoms with van der Waals surface area (Å²) >= 11 is 0. The first kappa shape index (κ1) is 56.7. The van der Waals surface area contributed by atoms with Crippen molar-refractivity contribution < 1.29 is 109 Å². The fraction of sp³-hybridized carbons (Fsp3) is 0.923. The molecule has 9 aliphatic rings. The third-order valence-corrected chi connectivity index (χ3v) is 20.7. The maximum absolute atomic E-state index is 14.7. The Bertz CT molecular complexity index is 2090. The van der Waals surface area contributed by atoms with Gasteiger partial charge in [0.1, 0.15) is 79.4 Å². The van der Waals surface area contributed by atoms with Gasteiger partial charge in [-0.15, -0.1) is 0 Å².